The van der Waals surface area contributed by atoms with E-state index in [-0.39, 0.29) is 29.5 Å². The molecule has 5 heteroatoms. The van der Waals surface area contributed by atoms with Crippen LogP contribution >= 0.6 is 0 Å². The maximum Gasteiger partial charge on any atom is 0.225 e. The third kappa shape index (κ3) is 3.20. The molecule has 0 aromatic heterocycles. The molecule has 1 heterocycles. The van der Waals surface area contributed by atoms with Gasteiger partial charge in [0.15, 0.2) is 11.6 Å². The van der Waals surface area contributed by atoms with E-state index in [1.165, 1.54) is 6.07 Å². The van der Waals surface area contributed by atoms with Crippen LogP contribution in [0.3, 0.4) is 0 Å². The molecular formula is C13H17FN2O2. The van der Waals surface area contributed by atoms with Crippen LogP contribution in [0.15, 0.2) is 24.3 Å². The Morgan fingerprint density at radius 3 is 2.89 bits per heavy atom. The maximum absolute atomic E-state index is 13.3. The first-order valence-corrected chi connectivity index (χ1v) is 6.06. The molecule has 0 radical (unpaired) electrons. The van der Waals surface area contributed by atoms with Crippen molar-refractivity contribution in [2.75, 3.05) is 19.6 Å². The Bertz CT molecular complexity index is 421. The first-order valence-electron chi connectivity index (χ1n) is 6.06. The Balaban J connectivity index is 1.76. The summed E-state index contributed by atoms with van der Waals surface area (Å²) >= 11 is 0. The van der Waals surface area contributed by atoms with E-state index < -0.39 is 0 Å². The van der Waals surface area contributed by atoms with Gasteiger partial charge in [0.25, 0.3) is 0 Å². The zero-order chi connectivity index (χ0) is 13.0. The zero-order valence-corrected chi connectivity index (χ0v) is 10.3. The van der Waals surface area contributed by atoms with Crippen molar-refractivity contribution in [1.82, 2.24) is 10.6 Å². The highest BCUT2D eigenvalue weighted by Gasteiger charge is 2.24. The van der Waals surface area contributed by atoms with Crippen LogP contribution in [0.5, 0.6) is 5.75 Å². The molecule has 18 heavy (non-hydrogen) atoms. The lowest BCUT2D eigenvalue weighted by Gasteiger charge is -2.26. The van der Waals surface area contributed by atoms with E-state index in [0.717, 1.165) is 13.1 Å². The van der Waals surface area contributed by atoms with E-state index in [2.05, 4.69) is 10.6 Å². The van der Waals surface area contributed by atoms with Crippen molar-refractivity contribution in [3.63, 3.8) is 0 Å². The van der Waals surface area contributed by atoms with E-state index in [4.69, 9.17) is 4.74 Å². The summed E-state index contributed by atoms with van der Waals surface area (Å²) in [6.45, 7) is 3.64. The fourth-order valence-electron chi connectivity index (χ4n) is 1.66. The molecular weight excluding hydrogens is 235 g/mol. The lowest BCUT2D eigenvalue weighted by atomic mass is 10.0. The SMILES string of the molecule is CC(CNC(=O)C1CNC1)Oc1ccccc1F. The molecule has 1 fully saturated rings. The van der Waals surface area contributed by atoms with Crippen molar-refractivity contribution in [2.24, 2.45) is 5.92 Å². The monoisotopic (exact) mass is 252 g/mol. The van der Waals surface area contributed by atoms with Gasteiger partial charge < -0.3 is 15.4 Å². The number of para-hydroxylation sites is 1. The minimum atomic E-state index is -0.390. The van der Waals surface area contributed by atoms with E-state index in [9.17, 15) is 9.18 Å². The molecule has 1 unspecified atom stereocenters. The number of ether oxygens (including phenoxy) is 1. The normalized spacial score (nSPS) is 16.8. The van der Waals surface area contributed by atoms with E-state index in [1.54, 1.807) is 25.1 Å². The molecule has 0 aliphatic carbocycles. The van der Waals surface area contributed by atoms with Crippen molar-refractivity contribution >= 4 is 5.91 Å². The second-order valence-electron chi connectivity index (χ2n) is 4.46. The van der Waals surface area contributed by atoms with Gasteiger partial charge in [-0.15, -0.1) is 0 Å². The third-order valence-electron chi connectivity index (χ3n) is 2.88. The summed E-state index contributed by atoms with van der Waals surface area (Å²) in [4.78, 5) is 11.6. The van der Waals surface area contributed by atoms with Gasteiger partial charge in [0, 0.05) is 13.1 Å². The summed E-state index contributed by atoms with van der Waals surface area (Å²) in [5.41, 5.74) is 0. The van der Waals surface area contributed by atoms with Gasteiger partial charge in [0.1, 0.15) is 6.10 Å². The van der Waals surface area contributed by atoms with Gasteiger partial charge in [-0.25, -0.2) is 4.39 Å². The summed E-state index contributed by atoms with van der Waals surface area (Å²) in [5, 5.41) is 5.83. The highest BCUT2D eigenvalue weighted by Crippen LogP contribution is 2.16. The van der Waals surface area contributed by atoms with Gasteiger partial charge in [-0.05, 0) is 19.1 Å². The van der Waals surface area contributed by atoms with E-state index in [1.807, 2.05) is 0 Å². The molecule has 1 atom stereocenters. The zero-order valence-electron chi connectivity index (χ0n) is 10.3. The summed E-state index contributed by atoms with van der Waals surface area (Å²) in [7, 11) is 0. The smallest absolute Gasteiger partial charge is 0.225 e. The summed E-state index contributed by atoms with van der Waals surface area (Å²) in [5.74, 6) is -0.0909. The Kier molecular flexibility index (Phi) is 4.15. The highest BCUT2D eigenvalue weighted by molar-refractivity contribution is 5.80. The van der Waals surface area contributed by atoms with Crippen LogP contribution in [0, 0.1) is 11.7 Å². The van der Waals surface area contributed by atoms with Crippen LogP contribution in [-0.2, 0) is 4.79 Å². The molecule has 1 amide bonds. The molecule has 1 aromatic carbocycles. The van der Waals surface area contributed by atoms with E-state index in [0.29, 0.717) is 6.54 Å². The van der Waals surface area contributed by atoms with Crippen LogP contribution < -0.4 is 15.4 Å². The molecule has 2 N–H and O–H groups in total. The van der Waals surface area contributed by atoms with Crippen LogP contribution in [0.2, 0.25) is 0 Å². The molecule has 1 aliphatic rings. The summed E-state index contributed by atoms with van der Waals surface area (Å²) < 4.78 is 18.7. The van der Waals surface area contributed by atoms with E-state index >= 15 is 0 Å². The predicted molar refractivity (Wildman–Crippen MR) is 65.9 cm³/mol. The predicted octanol–water partition coefficient (Wildman–Crippen LogP) is 0.929. The lowest BCUT2D eigenvalue weighted by molar-refractivity contribution is -0.126. The molecule has 98 valence electrons. The van der Waals surface area contributed by atoms with Gasteiger partial charge in [-0.2, -0.15) is 0 Å². The quantitative estimate of drug-likeness (QED) is 0.819. The molecule has 2 rings (SSSR count). The molecule has 1 aliphatic heterocycles. The number of hydrogen-bond donors (Lipinski definition) is 2. The van der Waals surface area contributed by atoms with Crippen molar-refractivity contribution in [2.45, 2.75) is 13.0 Å². The minimum Gasteiger partial charge on any atom is -0.486 e. The Labute approximate surface area is 106 Å². The Morgan fingerprint density at radius 2 is 2.28 bits per heavy atom. The van der Waals surface area contributed by atoms with Gasteiger partial charge in [0.2, 0.25) is 5.91 Å². The summed E-state index contributed by atoms with van der Waals surface area (Å²) in [6, 6.07) is 6.24. The second-order valence-corrected chi connectivity index (χ2v) is 4.46. The molecule has 0 spiro atoms. The third-order valence-corrected chi connectivity index (χ3v) is 2.88. The molecule has 0 saturated carbocycles. The average Bonchev–Trinajstić information content (AvgIpc) is 2.27. The first-order chi connectivity index (χ1) is 8.66. The number of halogens is 1. The minimum absolute atomic E-state index is 0.0257. The molecule has 1 aromatic rings. The largest absolute Gasteiger partial charge is 0.486 e. The number of nitrogens with one attached hydrogen (secondary N) is 2. The summed E-state index contributed by atoms with van der Waals surface area (Å²) in [6.07, 6.45) is -0.265. The Morgan fingerprint density at radius 1 is 1.56 bits per heavy atom. The van der Waals surface area contributed by atoms with Gasteiger partial charge >= 0.3 is 0 Å². The van der Waals surface area contributed by atoms with Crippen LogP contribution in [0.25, 0.3) is 0 Å². The number of hydrogen-bond acceptors (Lipinski definition) is 3. The molecule has 0 bridgehead atoms. The van der Waals surface area contributed by atoms with Crippen LogP contribution in [0.1, 0.15) is 6.92 Å². The first kappa shape index (κ1) is 12.8. The average molecular weight is 252 g/mol. The standard InChI is InChI=1S/C13H17FN2O2/c1-9(6-16-13(17)10-7-15-8-10)18-12-5-3-2-4-11(12)14/h2-5,9-10,15H,6-8H2,1H3,(H,16,17). The lowest BCUT2D eigenvalue weighted by Crippen LogP contribution is -2.51. The van der Waals surface area contributed by atoms with Gasteiger partial charge in [0.05, 0.1) is 12.5 Å². The molecule has 4 nitrogen and oxygen atoms in total. The number of rotatable bonds is 5. The van der Waals surface area contributed by atoms with Crippen molar-refractivity contribution in [3.8, 4) is 5.75 Å². The van der Waals surface area contributed by atoms with Crippen LogP contribution in [0.4, 0.5) is 4.39 Å². The van der Waals surface area contributed by atoms with Gasteiger partial charge in [-0.3, -0.25) is 4.79 Å². The van der Waals surface area contributed by atoms with Crippen molar-refractivity contribution in [1.29, 1.82) is 0 Å². The topological polar surface area (TPSA) is 50.4 Å². The number of benzene rings is 1. The number of amides is 1. The fourth-order valence-corrected chi connectivity index (χ4v) is 1.66. The number of carbonyl (C=O) groups is 1. The van der Waals surface area contributed by atoms with Crippen molar-refractivity contribution < 1.29 is 13.9 Å². The van der Waals surface area contributed by atoms with Crippen LogP contribution in [-0.4, -0.2) is 31.6 Å². The number of carbonyl (C=O) groups excluding carboxylic acids is 1. The fraction of sp³-hybridized carbons (Fsp3) is 0.462. The Hall–Kier alpha value is -1.62. The highest BCUT2D eigenvalue weighted by atomic mass is 19.1. The molecule has 1 saturated heterocycles. The second kappa shape index (κ2) is 5.82. The van der Waals surface area contributed by atoms with Crippen molar-refractivity contribution in [3.05, 3.63) is 30.1 Å². The van der Waals surface area contributed by atoms with Gasteiger partial charge in [-0.1, -0.05) is 12.1 Å². The maximum atomic E-state index is 13.3.